The van der Waals surface area contributed by atoms with Crippen molar-refractivity contribution in [2.75, 3.05) is 11.5 Å². The molecule has 0 aliphatic heterocycles. The number of sulfone groups is 1. The van der Waals surface area contributed by atoms with Crippen molar-refractivity contribution in [3.63, 3.8) is 0 Å². The van der Waals surface area contributed by atoms with Gasteiger partial charge in [-0.25, -0.2) is 21.8 Å². The van der Waals surface area contributed by atoms with Crippen LogP contribution in [0.4, 0.5) is 0 Å². The van der Waals surface area contributed by atoms with E-state index in [0.717, 1.165) is 0 Å². The highest BCUT2D eigenvalue weighted by Crippen LogP contribution is 2.14. The molecular formula is C8H7ClN2O4S2. The summed E-state index contributed by atoms with van der Waals surface area (Å²) in [6.07, 6.45) is 1.27. The average molecular weight is 295 g/mol. The SMILES string of the molecule is N#Cc1ncccc1S(=O)(=O)CCS(=O)(=O)Cl. The van der Waals surface area contributed by atoms with Gasteiger partial charge in [0.05, 0.1) is 11.5 Å². The molecule has 0 spiro atoms. The minimum Gasteiger partial charge on any atom is -0.244 e. The van der Waals surface area contributed by atoms with Crippen LogP contribution in [-0.4, -0.2) is 33.3 Å². The monoisotopic (exact) mass is 294 g/mol. The van der Waals surface area contributed by atoms with E-state index in [1.54, 1.807) is 6.07 Å². The number of rotatable bonds is 4. The van der Waals surface area contributed by atoms with Gasteiger partial charge in [0.1, 0.15) is 11.0 Å². The first-order valence-electron chi connectivity index (χ1n) is 4.26. The molecule has 17 heavy (non-hydrogen) atoms. The lowest BCUT2D eigenvalue weighted by atomic mass is 10.4. The Morgan fingerprint density at radius 3 is 2.47 bits per heavy atom. The molecular weight excluding hydrogens is 288 g/mol. The molecule has 1 rings (SSSR count). The molecule has 1 heterocycles. The summed E-state index contributed by atoms with van der Waals surface area (Å²) in [5.41, 5.74) is -0.264. The molecule has 0 aromatic carbocycles. The van der Waals surface area contributed by atoms with E-state index in [-0.39, 0.29) is 10.6 Å². The average Bonchev–Trinajstić information content (AvgIpc) is 2.26. The van der Waals surface area contributed by atoms with Crippen LogP contribution in [0.2, 0.25) is 0 Å². The zero-order valence-corrected chi connectivity index (χ0v) is 10.8. The van der Waals surface area contributed by atoms with Gasteiger partial charge in [0, 0.05) is 16.9 Å². The van der Waals surface area contributed by atoms with E-state index in [4.69, 9.17) is 15.9 Å². The Morgan fingerprint density at radius 1 is 1.29 bits per heavy atom. The minimum atomic E-state index is -3.90. The van der Waals surface area contributed by atoms with Crippen molar-refractivity contribution in [1.29, 1.82) is 5.26 Å². The fourth-order valence-electron chi connectivity index (χ4n) is 1.04. The fourth-order valence-corrected chi connectivity index (χ4v) is 4.18. The maximum absolute atomic E-state index is 11.7. The quantitative estimate of drug-likeness (QED) is 0.739. The Morgan fingerprint density at radius 2 is 1.94 bits per heavy atom. The molecule has 0 saturated heterocycles. The molecule has 0 radical (unpaired) electrons. The molecule has 0 aliphatic carbocycles. The van der Waals surface area contributed by atoms with Crippen LogP contribution < -0.4 is 0 Å². The molecule has 6 nitrogen and oxygen atoms in total. The Labute approximate surface area is 103 Å². The van der Waals surface area contributed by atoms with E-state index in [0.29, 0.717) is 0 Å². The summed E-state index contributed by atoms with van der Waals surface area (Å²) in [6.45, 7) is 0. The second kappa shape index (κ2) is 5.00. The van der Waals surface area contributed by atoms with Gasteiger partial charge in [-0.05, 0) is 12.1 Å². The van der Waals surface area contributed by atoms with E-state index >= 15 is 0 Å². The number of halogens is 1. The topological polar surface area (TPSA) is 105 Å². The number of aromatic nitrogens is 1. The summed E-state index contributed by atoms with van der Waals surface area (Å²) >= 11 is 0. The molecule has 9 heteroatoms. The van der Waals surface area contributed by atoms with Gasteiger partial charge in [-0.3, -0.25) is 0 Å². The number of pyridine rings is 1. The Hall–Kier alpha value is -1.17. The summed E-state index contributed by atoms with van der Waals surface area (Å²) in [5, 5.41) is 8.69. The largest absolute Gasteiger partial charge is 0.244 e. The lowest BCUT2D eigenvalue weighted by molar-refractivity contribution is 0.592. The molecule has 92 valence electrons. The summed E-state index contributed by atoms with van der Waals surface area (Å²) in [4.78, 5) is 3.30. The highest BCUT2D eigenvalue weighted by Gasteiger charge is 2.21. The van der Waals surface area contributed by atoms with Crippen molar-refractivity contribution < 1.29 is 16.8 Å². The molecule has 0 amide bonds. The Bertz CT molecular complexity index is 661. The Balaban J connectivity index is 3.11. The molecule has 0 N–H and O–H groups in total. The lowest BCUT2D eigenvalue weighted by Crippen LogP contribution is -2.15. The fraction of sp³-hybridized carbons (Fsp3) is 0.250. The highest BCUT2D eigenvalue weighted by molar-refractivity contribution is 8.14. The second-order valence-electron chi connectivity index (χ2n) is 3.02. The smallest absolute Gasteiger partial charge is 0.233 e. The van der Waals surface area contributed by atoms with Crippen molar-refractivity contribution in [2.24, 2.45) is 0 Å². The van der Waals surface area contributed by atoms with Gasteiger partial charge < -0.3 is 0 Å². The summed E-state index contributed by atoms with van der Waals surface area (Å²) < 4.78 is 44.9. The van der Waals surface area contributed by atoms with Crippen LogP contribution in [0, 0.1) is 11.3 Å². The van der Waals surface area contributed by atoms with Crippen LogP contribution in [0.5, 0.6) is 0 Å². The molecule has 0 saturated carbocycles. The van der Waals surface area contributed by atoms with Crippen LogP contribution >= 0.6 is 10.7 Å². The molecule has 0 unspecified atom stereocenters. The van der Waals surface area contributed by atoms with Gasteiger partial charge in [0.15, 0.2) is 15.5 Å². The van der Waals surface area contributed by atoms with E-state index in [1.807, 2.05) is 0 Å². The van der Waals surface area contributed by atoms with Crippen molar-refractivity contribution in [2.45, 2.75) is 4.90 Å². The maximum atomic E-state index is 11.7. The van der Waals surface area contributed by atoms with Crippen LogP contribution in [0.25, 0.3) is 0 Å². The molecule has 0 fully saturated rings. The van der Waals surface area contributed by atoms with E-state index in [9.17, 15) is 16.8 Å². The van der Waals surface area contributed by atoms with Gasteiger partial charge in [-0.1, -0.05) is 0 Å². The predicted octanol–water partition coefficient (Wildman–Crippen LogP) is 0.296. The van der Waals surface area contributed by atoms with Crippen molar-refractivity contribution in [3.05, 3.63) is 24.0 Å². The van der Waals surface area contributed by atoms with E-state index < -0.39 is 30.4 Å². The normalized spacial score (nSPS) is 12.0. The van der Waals surface area contributed by atoms with Gasteiger partial charge in [0.2, 0.25) is 9.05 Å². The maximum Gasteiger partial charge on any atom is 0.233 e. The molecule has 1 aromatic heterocycles. The van der Waals surface area contributed by atoms with Crippen molar-refractivity contribution >= 4 is 29.6 Å². The van der Waals surface area contributed by atoms with Crippen LogP contribution in [0.15, 0.2) is 23.2 Å². The Kier molecular flexibility index (Phi) is 4.08. The zero-order valence-electron chi connectivity index (χ0n) is 8.37. The molecule has 0 atom stereocenters. The molecule has 0 aliphatic rings. The van der Waals surface area contributed by atoms with Gasteiger partial charge in [-0.15, -0.1) is 0 Å². The van der Waals surface area contributed by atoms with E-state index in [2.05, 4.69) is 4.98 Å². The second-order valence-corrected chi connectivity index (χ2v) is 8.00. The van der Waals surface area contributed by atoms with Gasteiger partial charge in [-0.2, -0.15) is 5.26 Å². The highest BCUT2D eigenvalue weighted by atomic mass is 35.7. The van der Waals surface area contributed by atoms with Crippen molar-refractivity contribution in [1.82, 2.24) is 4.98 Å². The first-order valence-corrected chi connectivity index (χ1v) is 8.39. The third-order valence-corrected chi connectivity index (χ3v) is 4.96. The predicted molar refractivity (Wildman–Crippen MR) is 60.6 cm³/mol. The van der Waals surface area contributed by atoms with Crippen LogP contribution in [-0.2, 0) is 18.9 Å². The number of hydrogen-bond acceptors (Lipinski definition) is 6. The van der Waals surface area contributed by atoms with Crippen LogP contribution in [0.1, 0.15) is 5.69 Å². The first-order chi connectivity index (χ1) is 7.76. The van der Waals surface area contributed by atoms with E-state index in [1.165, 1.54) is 18.3 Å². The third kappa shape index (κ3) is 3.96. The standard InChI is InChI=1S/C8H7ClN2O4S2/c9-17(14,15)5-4-16(12,13)8-2-1-3-11-7(8)6-10/h1-3H,4-5H2. The summed E-state index contributed by atoms with van der Waals surface area (Å²) in [7, 11) is -2.85. The zero-order chi connectivity index (χ0) is 13.1. The first kappa shape index (κ1) is 13.9. The third-order valence-electron chi connectivity index (χ3n) is 1.81. The summed E-state index contributed by atoms with van der Waals surface area (Å²) in [5.74, 6) is -1.39. The lowest BCUT2D eigenvalue weighted by Gasteiger charge is -2.03. The van der Waals surface area contributed by atoms with Gasteiger partial charge in [0.25, 0.3) is 0 Å². The number of hydrogen-bond donors (Lipinski definition) is 0. The molecule has 0 bridgehead atoms. The number of nitriles is 1. The summed E-state index contributed by atoms with van der Waals surface area (Å²) in [6, 6.07) is 4.17. The molecule has 1 aromatic rings. The van der Waals surface area contributed by atoms with Crippen molar-refractivity contribution in [3.8, 4) is 6.07 Å². The minimum absolute atomic E-state index is 0.264. The van der Waals surface area contributed by atoms with Crippen LogP contribution in [0.3, 0.4) is 0 Å². The number of nitrogens with zero attached hydrogens (tertiary/aromatic N) is 2. The van der Waals surface area contributed by atoms with Gasteiger partial charge >= 0.3 is 0 Å².